The molecule has 156 valence electrons. The molecule has 0 spiro atoms. The van der Waals surface area contributed by atoms with Crippen LogP contribution in [0, 0.1) is 0 Å². The molecule has 0 saturated heterocycles. The summed E-state index contributed by atoms with van der Waals surface area (Å²) in [6.07, 6.45) is 1.64. The van der Waals surface area contributed by atoms with Crippen molar-refractivity contribution >= 4 is 73.0 Å². The molecule has 3 aromatic rings. The van der Waals surface area contributed by atoms with Gasteiger partial charge in [0.15, 0.2) is 5.70 Å². The summed E-state index contributed by atoms with van der Waals surface area (Å²) in [5, 5.41) is 0.768. The minimum Gasteiger partial charge on any atom is -0.487 e. The molecule has 1 aliphatic heterocycles. The maximum atomic E-state index is 12.3. The summed E-state index contributed by atoms with van der Waals surface area (Å²) in [5.41, 5.74) is 2.55. The van der Waals surface area contributed by atoms with E-state index in [1.807, 2.05) is 42.5 Å². The third kappa shape index (κ3) is 5.21. The van der Waals surface area contributed by atoms with Gasteiger partial charge < -0.3 is 9.47 Å². The van der Waals surface area contributed by atoms with Crippen molar-refractivity contribution in [1.82, 2.24) is 0 Å². The number of rotatable bonds is 5. The molecule has 0 fully saturated rings. The summed E-state index contributed by atoms with van der Waals surface area (Å²) in [5.74, 6) is 0.300. The quantitative estimate of drug-likeness (QED) is 0.232. The number of hydrogen-bond acceptors (Lipinski definition) is 4. The van der Waals surface area contributed by atoms with E-state index >= 15 is 0 Å². The first kappa shape index (κ1) is 22.1. The second-order valence-corrected chi connectivity index (χ2v) is 9.08. The van der Waals surface area contributed by atoms with E-state index in [-0.39, 0.29) is 11.6 Å². The zero-order chi connectivity index (χ0) is 22.0. The van der Waals surface area contributed by atoms with Gasteiger partial charge in [0.1, 0.15) is 12.4 Å². The van der Waals surface area contributed by atoms with Gasteiger partial charge in [-0.25, -0.2) is 9.79 Å². The van der Waals surface area contributed by atoms with Gasteiger partial charge in [-0.2, -0.15) is 0 Å². The van der Waals surface area contributed by atoms with E-state index in [9.17, 15) is 4.79 Å². The molecule has 0 amide bonds. The van der Waals surface area contributed by atoms with Gasteiger partial charge in [-0.1, -0.05) is 53.5 Å². The Bertz CT molecular complexity index is 1200. The van der Waals surface area contributed by atoms with Gasteiger partial charge in [0, 0.05) is 5.56 Å². The van der Waals surface area contributed by atoms with Crippen LogP contribution in [0.15, 0.2) is 80.3 Å². The Kier molecular flexibility index (Phi) is 6.82. The molecule has 8 heteroatoms. The fraction of sp³-hybridized carbons (Fsp3) is 0.0435. The average Bonchev–Trinajstić information content (AvgIpc) is 3.10. The van der Waals surface area contributed by atoms with Crippen molar-refractivity contribution in [3.63, 3.8) is 0 Å². The second kappa shape index (κ2) is 9.57. The molecule has 31 heavy (non-hydrogen) atoms. The SMILES string of the molecule is O=C1OC(c2ccc(Cl)c(Cl)c2)=N/C1=C\c1cc(Br)c(OCc2ccccc2)c(Br)c1. The van der Waals surface area contributed by atoms with Crippen LogP contribution in [0.2, 0.25) is 10.0 Å². The highest BCUT2D eigenvalue weighted by atomic mass is 79.9. The van der Waals surface area contributed by atoms with Crippen LogP contribution >= 0.6 is 55.1 Å². The van der Waals surface area contributed by atoms with Crippen molar-refractivity contribution in [2.45, 2.75) is 6.61 Å². The number of hydrogen-bond donors (Lipinski definition) is 0. The highest BCUT2D eigenvalue weighted by molar-refractivity contribution is 9.11. The molecule has 0 unspecified atom stereocenters. The zero-order valence-corrected chi connectivity index (χ0v) is 20.4. The normalized spacial score (nSPS) is 14.5. The first-order valence-corrected chi connectivity index (χ1v) is 11.4. The molecule has 0 radical (unpaired) electrons. The van der Waals surface area contributed by atoms with Crippen LogP contribution in [0.5, 0.6) is 5.75 Å². The first-order valence-electron chi connectivity index (χ1n) is 9.04. The van der Waals surface area contributed by atoms with E-state index < -0.39 is 5.97 Å². The standard InChI is InChI=1S/C23H13Br2Cl2NO3/c24-16-8-14(9-17(25)21(16)30-12-13-4-2-1-3-5-13)10-20-23(29)31-22(28-20)15-6-7-18(26)19(27)11-15/h1-11H,12H2/b20-10-. The second-order valence-electron chi connectivity index (χ2n) is 6.55. The molecule has 4 nitrogen and oxygen atoms in total. The van der Waals surface area contributed by atoms with Crippen LogP contribution in [0.4, 0.5) is 0 Å². The van der Waals surface area contributed by atoms with Crippen molar-refractivity contribution < 1.29 is 14.3 Å². The minimum atomic E-state index is -0.544. The lowest BCUT2D eigenvalue weighted by molar-refractivity contribution is -0.129. The third-order valence-corrected chi connectivity index (χ3v) is 6.25. The molecular weight excluding hydrogens is 569 g/mol. The van der Waals surface area contributed by atoms with Crippen LogP contribution in [-0.4, -0.2) is 11.9 Å². The Morgan fingerprint density at radius 3 is 2.35 bits per heavy atom. The van der Waals surface area contributed by atoms with E-state index in [0.29, 0.717) is 28.0 Å². The lowest BCUT2D eigenvalue weighted by atomic mass is 10.2. The number of ether oxygens (including phenoxy) is 2. The van der Waals surface area contributed by atoms with Gasteiger partial charge in [0.05, 0.1) is 19.0 Å². The van der Waals surface area contributed by atoms with E-state index in [1.54, 1.807) is 24.3 Å². The molecule has 0 bridgehead atoms. The molecule has 1 aliphatic rings. The van der Waals surface area contributed by atoms with E-state index in [2.05, 4.69) is 36.9 Å². The summed E-state index contributed by atoms with van der Waals surface area (Å²) in [4.78, 5) is 16.6. The summed E-state index contributed by atoms with van der Waals surface area (Å²) in [7, 11) is 0. The van der Waals surface area contributed by atoms with Gasteiger partial charge in [-0.15, -0.1) is 0 Å². The van der Waals surface area contributed by atoms with E-state index in [4.69, 9.17) is 32.7 Å². The number of benzene rings is 3. The molecule has 0 N–H and O–H groups in total. The smallest absolute Gasteiger partial charge is 0.363 e. The predicted octanol–water partition coefficient (Wildman–Crippen LogP) is 7.44. The van der Waals surface area contributed by atoms with Crippen molar-refractivity contribution in [3.8, 4) is 5.75 Å². The molecule has 0 atom stereocenters. The Morgan fingerprint density at radius 1 is 0.968 bits per heavy atom. The maximum Gasteiger partial charge on any atom is 0.363 e. The average molecular weight is 582 g/mol. The van der Waals surface area contributed by atoms with Crippen molar-refractivity contribution in [2.24, 2.45) is 4.99 Å². The molecule has 0 aliphatic carbocycles. The summed E-state index contributed by atoms with van der Waals surface area (Å²) < 4.78 is 12.7. The lowest BCUT2D eigenvalue weighted by Crippen LogP contribution is -2.05. The fourth-order valence-electron chi connectivity index (χ4n) is 2.85. The molecule has 1 heterocycles. The van der Waals surface area contributed by atoms with Crippen LogP contribution in [0.3, 0.4) is 0 Å². The number of carbonyl (C=O) groups excluding carboxylic acids is 1. The van der Waals surface area contributed by atoms with E-state index in [0.717, 1.165) is 20.1 Å². The zero-order valence-electron chi connectivity index (χ0n) is 15.7. The molecule has 3 aromatic carbocycles. The third-order valence-electron chi connectivity index (χ3n) is 4.34. The highest BCUT2D eigenvalue weighted by Crippen LogP contribution is 2.36. The Hall–Kier alpha value is -2.12. The van der Waals surface area contributed by atoms with Crippen molar-refractivity contribution in [1.29, 1.82) is 0 Å². The van der Waals surface area contributed by atoms with Gasteiger partial charge in [-0.3, -0.25) is 0 Å². The minimum absolute atomic E-state index is 0.177. The predicted molar refractivity (Wildman–Crippen MR) is 130 cm³/mol. The molecule has 0 aromatic heterocycles. The van der Waals surface area contributed by atoms with Gasteiger partial charge in [-0.05, 0) is 79.4 Å². The number of aliphatic imine (C=N–C) groups is 1. The monoisotopic (exact) mass is 579 g/mol. The number of carbonyl (C=O) groups is 1. The van der Waals surface area contributed by atoms with Crippen LogP contribution in [0.1, 0.15) is 16.7 Å². The summed E-state index contributed by atoms with van der Waals surface area (Å²) in [6, 6.07) is 18.5. The van der Waals surface area contributed by atoms with Crippen molar-refractivity contribution in [2.75, 3.05) is 0 Å². The lowest BCUT2D eigenvalue weighted by Gasteiger charge is -2.11. The highest BCUT2D eigenvalue weighted by Gasteiger charge is 2.25. The van der Waals surface area contributed by atoms with Gasteiger partial charge in [0.25, 0.3) is 0 Å². The summed E-state index contributed by atoms with van der Waals surface area (Å²) >= 11 is 19.1. The van der Waals surface area contributed by atoms with Crippen LogP contribution < -0.4 is 4.74 Å². The molecule has 4 rings (SSSR count). The molecule has 0 saturated carbocycles. The number of nitrogens with zero attached hydrogens (tertiary/aromatic N) is 1. The Morgan fingerprint density at radius 2 is 1.68 bits per heavy atom. The number of cyclic esters (lactones) is 1. The fourth-order valence-corrected chi connectivity index (χ4v) is 4.60. The number of halogens is 4. The van der Waals surface area contributed by atoms with Crippen molar-refractivity contribution in [3.05, 3.63) is 102 Å². The largest absolute Gasteiger partial charge is 0.487 e. The molecular formula is C23H13Br2Cl2NO3. The maximum absolute atomic E-state index is 12.3. The summed E-state index contributed by atoms with van der Waals surface area (Å²) in [6.45, 7) is 0.433. The Balaban J connectivity index is 1.57. The van der Waals surface area contributed by atoms with Crippen LogP contribution in [0.25, 0.3) is 6.08 Å². The van der Waals surface area contributed by atoms with E-state index in [1.165, 1.54) is 0 Å². The van der Waals surface area contributed by atoms with Gasteiger partial charge >= 0.3 is 5.97 Å². The topological polar surface area (TPSA) is 47.9 Å². The first-order chi connectivity index (χ1) is 14.9. The Labute approximate surface area is 205 Å². The van der Waals surface area contributed by atoms with Crippen LogP contribution in [-0.2, 0) is 16.1 Å². The van der Waals surface area contributed by atoms with Gasteiger partial charge in [0.2, 0.25) is 5.90 Å². The number of esters is 1.